The van der Waals surface area contributed by atoms with Crippen LogP contribution in [0.3, 0.4) is 0 Å². The van der Waals surface area contributed by atoms with Gasteiger partial charge < -0.3 is 33.5 Å². The van der Waals surface area contributed by atoms with Gasteiger partial charge in [-0.05, 0) is 46.5 Å². The highest BCUT2D eigenvalue weighted by molar-refractivity contribution is 7.54. The van der Waals surface area contributed by atoms with Crippen molar-refractivity contribution in [2.24, 2.45) is 5.92 Å². The Bertz CT molecular complexity index is 412. The molecule has 2 heterocycles. The lowest BCUT2D eigenvalue weighted by Crippen LogP contribution is -2.56. The van der Waals surface area contributed by atoms with Gasteiger partial charge in [0.2, 0.25) is 8.38 Å². The number of unbranched alkanes of at least 4 members (excludes halogenated alkanes) is 2. The minimum Gasteiger partial charge on any atom is -0.390 e. The largest absolute Gasteiger partial charge is 0.390 e. The Morgan fingerprint density at radius 1 is 1.07 bits per heavy atom. The predicted molar refractivity (Wildman–Crippen MR) is 103 cm³/mol. The van der Waals surface area contributed by atoms with Gasteiger partial charge in [-0.15, -0.1) is 0 Å². The van der Waals surface area contributed by atoms with Gasteiger partial charge in [-0.2, -0.15) is 0 Å². The molecule has 2 aliphatic heterocycles. The highest BCUT2D eigenvalue weighted by Crippen LogP contribution is 2.61. The second kappa shape index (κ2) is 12.0. The molecule has 7 atom stereocenters. The summed E-state index contributed by atoms with van der Waals surface area (Å²) in [5.41, 5.74) is 0. The Morgan fingerprint density at radius 2 is 1.78 bits per heavy atom. The molecule has 2 fully saturated rings. The highest BCUT2D eigenvalue weighted by Gasteiger charge is 2.44. The molecular weight excluding hydrogens is 371 g/mol. The molecule has 0 aromatic carbocycles. The second-order valence-electron chi connectivity index (χ2n) is 7.61. The van der Waals surface area contributed by atoms with Gasteiger partial charge in [0.15, 0.2) is 6.29 Å². The zero-order valence-corrected chi connectivity index (χ0v) is 18.0. The number of aliphatic hydroxyl groups is 2. The standard InChI is InChI=1S/C19H37O7P/c1-5-9-15-17(20)18(21)16(12-23-13(2)3)25-19(15)22-10-7-6-8-11-24-27-14(4)26-27/h13-21H,5-12H2,1-4H3. The van der Waals surface area contributed by atoms with Crippen molar-refractivity contribution in [3.63, 3.8) is 0 Å². The predicted octanol–water partition coefficient (Wildman–Crippen LogP) is 3.17. The molecule has 2 rings (SSSR count). The molecular formula is C19H37O7P. The number of rotatable bonds is 13. The van der Waals surface area contributed by atoms with Crippen molar-refractivity contribution in [2.45, 2.75) is 96.4 Å². The molecule has 7 unspecified atom stereocenters. The summed E-state index contributed by atoms with van der Waals surface area (Å²) in [6, 6.07) is 0. The van der Waals surface area contributed by atoms with Crippen molar-refractivity contribution in [1.29, 1.82) is 0 Å². The lowest BCUT2D eigenvalue weighted by Gasteiger charge is -2.42. The van der Waals surface area contributed by atoms with Crippen molar-refractivity contribution < 1.29 is 33.5 Å². The van der Waals surface area contributed by atoms with E-state index >= 15 is 0 Å². The van der Waals surface area contributed by atoms with Crippen LogP contribution in [0.2, 0.25) is 0 Å². The summed E-state index contributed by atoms with van der Waals surface area (Å²) in [7, 11) is -0.594. The number of aliphatic hydroxyl groups excluding tert-OH is 2. The topological polar surface area (TPSA) is 89.9 Å². The van der Waals surface area contributed by atoms with Crippen molar-refractivity contribution in [3.8, 4) is 0 Å². The number of hydrogen-bond acceptors (Lipinski definition) is 7. The molecule has 0 amide bonds. The van der Waals surface area contributed by atoms with E-state index in [1.165, 1.54) is 0 Å². The van der Waals surface area contributed by atoms with Crippen molar-refractivity contribution in [2.75, 3.05) is 19.8 Å². The summed E-state index contributed by atoms with van der Waals surface area (Å²) in [4.78, 5) is 0. The molecule has 160 valence electrons. The Morgan fingerprint density at radius 3 is 2.41 bits per heavy atom. The normalized spacial score (nSPS) is 36.3. The zero-order valence-electron chi connectivity index (χ0n) is 17.1. The molecule has 0 aromatic heterocycles. The van der Waals surface area contributed by atoms with Crippen LogP contribution >= 0.6 is 8.38 Å². The first-order valence-corrected chi connectivity index (χ1v) is 11.5. The van der Waals surface area contributed by atoms with Gasteiger partial charge in [-0.1, -0.05) is 13.3 Å². The SMILES string of the molecule is CCCC1C(OCCCCCOP2OC2C)OC(COC(C)C)C(O)C1O. The summed E-state index contributed by atoms with van der Waals surface area (Å²) in [5.74, 6) is 0.0802. The molecule has 0 radical (unpaired) electrons. The van der Waals surface area contributed by atoms with Crippen LogP contribution in [-0.2, 0) is 23.3 Å². The highest BCUT2D eigenvalue weighted by atomic mass is 31.2. The quantitative estimate of drug-likeness (QED) is 0.275. The Balaban J connectivity index is 1.70. The van der Waals surface area contributed by atoms with Crippen LogP contribution in [0.1, 0.15) is 59.8 Å². The van der Waals surface area contributed by atoms with Crippen LogP contribution in [0.15, 0.2) is 0 Å². The molecule has 0 spiro atoms. The third kappa shape index (κ3) is 7.82. The van der Waals surface area contributed by atoms with Crippen LogP contribution in [0.25, 0.3) is 0 Å². The molecule has 2 aliphatic rings. The fourth-order valence-electron chi connectivity index (χ4n) is 3.21. The summed E-state index contributed by atoms with van der Waals surface area (Å²) in [5, 5.41) is 20.9. The van der Waals surface area contributed by atoms with Crippen LogP contribution < -0.4 is 0 Å². The van der Waals surface area contributed by atoms with Crippen molar-refractivity contribution in [1.82, 2.24) is 0 Å². The molecule has 7 nitrogen and oxygen atoms in total. The monoisotopic (exact) mass is 408 g/mol. The third-order valence-corrected chi connectivity index (χ3v) is 6.29. The Hall–Kier alpha value is 0.150. The average molecular weight is 408 g/mol. The van der Waals surface area contributed by atoms with Gasteiger partial charge in [-0.25, -0.2) is 0 Å². The van der Waals surface area contributed by atoms with Gasteiger partial charge in [0.25, 0.3) is 0 Å². The lowest BCUT2D eigenvalue weighted by molar-refractivity contribution is -0.290. The van der Waals surface area contributed by atoms with Gasteiger partial charge >= 0.3 is 0 Å². The molecule has 2 N–H and O–H groups in total. The summed E-state index contributed by atoms with van der Waals surface area (Å²) in [6.45, 7) is 9.48. The minimum absolute atomic E-state index is 0.0401. The average Bonchev–Trinajstić information content (AvgIpc) is 3.33. The first-order valence-electron chi connectivity index (χ1n) is 10.3. The maximum atomic E-state index is 10.5. The molecule has 0 aromatic rings. The lowest BCUT2D eigenvalue weighted by atomic mass is 9.87. The van der Waals surface area contributed by atoms with E-state index in [1.54, 1.807) is 0 Å². The molecule has 0 aliphatic carbocycles. The maximum Gasteiger partial charge on any atom is 0.202 e. The Kier molecular flexibility index (Phi) is 10.4. The van der Waals surface area contributed by atoms with Gasteiger partial charge in [0.05, 0.1) is 25.4 Å². The van der Waals surface area contributed by atoms with E-state index in [0.29, 0.717) is 12.5 Å². The first kappa shape index (κ1) is 23.4. The van der Waals surface area contributed by atoms with E-state index in [-0.39, 0.29) is 18.6 Å². The fraction of sp³-hybridized carbons (Fsp3) is 1.00. The molecule has 0 saturated carbocycles. The van der Waals surface area contributed by atoms with E-state index in [9.17, 15) is 10.2 Å². The van der Waals surface area contributed by atoms with E-state index in [0.717, 1.165) is 38.7 Å². The van der Waals surface area contributed by atoms with Crippen LogP contribution in [0.5, 0.6) is 0 Å². The van der Waals surface area contributed by atoms with E-state index in [1.807, 2.05) is 20.8 Å². The number of hydrogen-bond donors (Lipinski definition) is 2. The van der Waals surface area contributed by atoms with Gasteiger partial charge in [-0.3, -0.25) is 0 Å². The molecule has 0 bridgehead atoms. The van der Waals surface area contributed by atoms with Crippen molar-refractivity contribution >= 4 is 8.38 Å². The first-order chi connectivity index (χ1) is 12.9. The van der Waals surface area contributed by atoms with Gasteiger partial charge in [0, 0.05) is 12.5 Å². The smallest absolute Gasteiger partial charge is 0.202 e. The molecule has 8 heteroatoms. The summed E-state index contributed by atoms with van der Waals surface area (Å²) in [6.07, 6.45) is 1.68. The summed E-state index contributed by atoms with van der Waals surface area (Å²) >= 11 is 0. The zero-order chi connectivity index (χ0) is 19.8. The number of ether oxygens (including phenoxy) is 3. The van der Waals surface area contributed by atoms with Crippen LogP contribution in [-0.4, -0.2) is 66.6 Å². The molecule has 2 saturated heterocycles. The van der Waals surface area contributed by atoms with Crippen LogP contribution in [0, 0.1) is 5.92 Å². The maximum absolute atomic E-state index is 10.5. The Labute approximate surface area is 164 Å². The molecule has 27 heavy (non-hydrogen) atoms. The fourth-order valence-corrected chi connectivity index (χ4v) is 4.15. The summed E-state index contributed by atoms with van der Waals surface area (Å²) < 4.78 is 28.4. The van der Waals surface area contributed by atoms with E-state index in [2.05, 4.69) is 6.92 Å². The van der Waals surface area contributed by atoms with Crippen LogP contribution in [0.4, 0.5) is 0 Å². The van der Waals surface area contributed by atoms with Crippen molar-refractivity contribution in [3.05, 3.63) is 0 Å². The van der Waals surface area contributed by atoms with Gasteiger partial charge in [0.1, 0.15) is 18.1 Å². The third-order valence-electron chi connectivity index (χ3n) is 4.84. The minimum atomic E-state index is -0.953. The second-order valence-corrected chi connectivity index (χ2v) is 9.38. The van der Waals surface area contributed by atoms with E-state index in [4.69, 9.17) is 23.3 Å². The van der Waals surface area contributed by atoms with E-state index < -0.39 is 33.0 Å².